The number of pyridine rings is 1. The zero-order valence-corrected chi connectivity index (χ0v) is 10.2. The largest absolute Gasteiger partial charge is 0.310 e. The van der Waals surface area contributed by atoms with Gasteiger partial charge in [0.05, 0.1) is 0 Å². The number of nitrogens with one attached hydrogen (secondary N) is 1. The van der Waals surface area contributed by atoms with E-state index < -0.39 is 0 Å². The van der Waals surface area contributed by atoms with E-state index in [9.17, 15) is 0 Å². The second kappa shape index (κ2) is 7.03. The van der Waals surface area contributed by atoms with Crippen LogP contribution in [0.15, 0.2) is 18.3 Å². The van der Waals surface area contributed by atoms with Gasteiger partial charge < -0.3 is 5.32 Å². The van der Waals surface area contributed by atoms with Crippen molar-refractivity contribution in [1.82, 2.24) is 10.3 Å². The van der Waals surface area contributed by atoms with Gasteiger partial charge in [-0.1, -0.05) is 13.0 Å². The highest BCUT2D eigenvalue weighted by Gasteiger charge is 2.09. The molecule has 0 fully saturated rings. The van der Waals surface area contributed by atoms with E-state index in [4.69, 9.17) is 6.42 Å². The summed E-state index contributed by atoms with van der Waals surface area (Å²) in [5.74, 6) is 2.70. The number of terminal acetylenes is 1. The molecular weight excluding hydrogens is 196 g/mol. The normalized spacial score (nSPS) is 12.1. The van der Waals surface area contributed by atoms with E-state index in [1.54, 1.807) is 0 Å². The van der Waals surface area contributed by atoms with Gasteiger partial charge in [-0.25, -0.2) is 0 Å². The first kappa shape index (κ1) is 12.7. The Kier molecular flexibility index (Phi) is 5.60. The molecule has 16 heavy (non-hydrogen) atoms. The molecule has 1 heterocycles. The fourth-order valence-corrected chi connectivity index (χ4v) is 1.62. The van der Waals surface area contributed by atoms with Crippen molar-refractivity contribution in [3.63, 3.8) is 0 Å². The molecule has 86 valence electrons. The van der Waals surface area contributed by atoms with Gasteiger partial charge in [-0.3, -0.25) is 4.98 Å². The fourth-order valence-electron chi connectivity index (χ4n) is 1.62. The van der Waals surface area contributed by atoms with E-state index in [1.165, 1.54) is 5.56 Å². The lowest BCUT2D eigenvalue weighted by molar-refractivity contribution is 0.504. The summed E-state index contributed by atoms with van der Waals surface area (Å²) >= 11 is 0. The van der Waals surface area contributed by atoms with Crippen molar-refractivity contribution in [2.45, 2.75) is 39.2 Å². The molecule has 0 saturated heterocycles. The zero-order chi connectivity index (χ0) is 11.8. The molecule has 1 atom stereocenters. The molecule has 0 aliphatic rings. The van der Waals surface area contributed by atoms with Gasteiger partial charge in [-0.15, -0.1) is 12.3 Å². The molecular formula is C14H20N2. The number of aromatic nitrogens is 1. The number of nitrogens with zero attached hydrogens (tertiary/aromatic N) is 1. The second-order valence-corrected chi connectivity index (χ2v) is 3.98. The summed E-state index contributed by atoms with van der Waals surface area (Å²) in [4.78, 5) is 4.32. The van der Waals surface area contributed by atoms with Gasteiger partial charge >= 0.3 is 0 Å². The molecule has 0 aromatic carbocycles. The third-order valence-electron chi connectivity index (χ3n) is 2.55. The molecule has 1 rings (SSSR count). The van der Waals surface area contributed by atoms with Crippen LogP contribution in [0.1, 0.15) is 43.5 Å². The highest BCUT2D eigenvalue weighted by molar-refractivity contribution is 5.17. The van der Waals surface area contributed by atoms with Crippen molar-refractivity contribution in [1.29, 1.82) is 0 Å². The van der Waals surface area contributed by atoms with E-state index >= 15 is 0 Å². The molecule has 0 spiro atoms. The van der Waals surface area contributed by atoms with E-state index in [-0.39, 0.29) is 0 Å². The van der Waals surface area contributed by atoms with Crippen LogP contribution in [0, 0.1) is 19.3 Å². The van der Waals surface area contributed by atoms with Crippen LogP contribution in [-0.2, 0) is 0 Å². The van der Waals surface area contributed by atoms with E-state index in [2.05, 4.69) is 29.2 Å². The molecule has 0 radical (unpaired) electrons. The Morgan fingerprint density at radius 1 is 1.50 bits per heavy atom. The Morgan fingerprint density at radius 2 is 2.31 bits per heavy atom. The van der Waals surface area contributed by atoms with Crippen LogP contribution >= 0.6 is 0 Å². The predicted molar refractivity (Wildman–Crippen MR) is 68.1 cm³/mol. The molecule has 2 heteroatoms. The summed E-state index contributed by atoms with van der Waals surface area (Å²) in [7, 11) is 0. The van der Waals surface area contributed by atoms with Crippen LogP contribution in [0.3, 0.4) is 0 Å². The summed E-state index contributed by atoms with van der Waals surface area (Å²) in [5, 5.41) is 3.50. The molecule has 0 aliphatic heterocycles. The van der Waals surface area contributed by atoms with Gasteiger partial charge in [0.2, 0.25) is 0 Å². The maximum atomic E-state index is 5.31. The molecule has 0 aliphatic carbocycles. The first-order chi connectivity index (χ1) is 7.77. The molecule has 0 bridgehead atoms. The van der Waals surface area contributed by atoms with Crippen molar-refractivity contribution in [3.05, 3.63) is 29.6 Å². The van der Waals surface area contributed by atoms with Crippen LogP contribution in [0.2, 0.25) is 0 Å². The number of hydrogen-bond donors (Lipinski definition) is 1. The van der Waals surface area contributed by atoms with E-state index in [0.717, 1.165) is 31.5 Å². The maximum absolute atomic E-state index is 5.31. The van der Waals surface area contributed by atoms with Crippen molar-refractivity contribution in [2.75, 3.05) is 6.54 Å². The first-order valence-electron chi connectivity index (χ1n) is 5.87. The summed E-state index contributed by atoms with van der Waals surface area (Å²) in [6, 6.07) is 4.52. The first-order valence-corrected chi connectivity index (χ1v) is 5.87. The van der Waals surface area contributed by atoms with Crippen LogP contribution < -0.4 is 5.32 Å². The van der Waals surface area contributed by atoms with E-state index in [0.29, 0.717) is 6.04 Å². The van der Waals surface area contributed by atoms with Gasteiger partial charge in [0.1, 0.15) is 0 Å². The second-order valence-electron chi connectivity index (χ2n) is 3.98. The molecule has 1 aromatic rings. The Balaban J connectivity index is 2.67. The number of hydrogen-bond acceptors (Lipinski definition) is 2. The lowest BCUT2D eigenvalue weighted by Gasteiger charge is -2.17. The minimum Gasteiger partial charge on any atom is -0.310 e. The fraction of sp³-hybridized carbons (Fsp3) is 0.500. The van der Waals surface area contributed by atoms with Crippen LogP contribution in [0.25, 0.3) is 0 Å². The Morgan fingerprint density at radius 3 is 2.88 bits per heavy atom. The predicted octanol–water partition coefficient (Wildman–Crippen LogP) is 2.84. The van der Waals surface area contributed by atoms with Crippen molar-refractivity contribution in [2.24, 2.45) is 0 Å². The van der Waals surface area contributed by atoms with Crippen molar-refractivity contribution < 1.29 is 0 Å². The minimum atomic E-state index is 0.337. The number of rotatable bonds is 6. The lowest BCUT2D eigenvalue weighted by atomic mass is 10.0. The monoisotopic (exact) mass is 216 g/mol. The maximum Gasteiger partial charge on any atom is 0.0372 e. The topological polar surface area (TPSA) is 24.9 Å². The van der Waals surface area contributed by atoms with Crippen LogP contribution in [0.5, 0.6) is 0 Å². The average molecular weight is 216 g/mol. The highest BCUT2D eigenvalue weighted by atomic mass is 14.9. The summed E-state index contributed by atoms with van der Waals surface area (Å²) in [5.41, 5.74) is 2.28. The van der Waals surface area contributed by atoms with Crippen LogP contribution in [-0.4, -0.2) is 11.5 Å². The summed E-state index contributed by atoms with van der Waals surface area (Å²) in [6.45, 7) is 5.18. The zero-order valence-electron chi connectivity index (χ0n) is 10.2. The number of aryl methyl sites for hydroxylation is 1. The molecule has 2 nitrogen and oxygen atoms in total. The van der Waals surface area contributed by atoms with Crippen molar-refractivity contribution >= 4 is 0 Å². The smallest absolute Gasteiger partial charge is 0.0372 e. The summed E-state index contributed by atoms with van der Waals surface area (Å²) < 4.78 is 0. The van der Waals surface area contributed by atoms with Gasteiger partial charge in [0, 0.05) is 24.4 Å². The SMILES string of the molecule is C#CCCC(NCCC)c1ccc(C)nc1. The lowest BCUT2D eigenvalue weighted by Crippen LogP contribution is -2.22. The molecule has 0 saturated carbocycles. The van der Waals surface area contributed by atoms with Gasteiger partial charge in [-0.2, -0.15) is 0 Å². The van der Waals surface area contributed by atoms with Crippen LogP contribution in [0.4, 0.5) is 0 Å². The Hall–Kier alpha value is -1.33. The Bertz CT molecular complexity index is 335. The third kappa shape index (κ3) is 4.04. The summed E-state index contributed by atoms with van der Waals surface area (Å²) in [6.07, 6.45) is 10.2. The van der Waals surface area contributed by atoms with Crippen molar-refractivity contribution in [3.8, 4) is 12.3 Å². The average Bonchev–Trinajstić information content (AvgIpc) is 2.31. The standard InChI is InChI=1S/C14H20N2/c1-4-6-7-14(15-10-5-2)13-9-8-12(3)16-11-13/h1,8-9,11,14-15H,5-7,10H2,2-3H3. The minimum absolute atomic E-state index is 0.337. The molecule has 1 N–H and O–H groups in total. The van der Waals surface area contributed by atoms with Gasteiger partial charge in [-0.05, 0) is 37.9 Å². The molecule has 1 aromatic heterocycles. The van der Waals surface area contributed by atoms with Gasteiger partial charge in [0.15, 0.2) is 0 Å². The highest BCUT2D eigenvalue weighted by Crippen LogP contribution is 2.17. The third-order valence-corrected chi connectivity index (χ3v) is 2.55. The quantitative estimate of drug-likeness (QED) is 0.740. The Labute approximate surface area is 98.5 Å². The molecule has 1 unspecified atom stereocenters. The molecule has 0 amide bonds. The van der Waals surface area contributed by atoms with Gasteiger partial charge in [0.25, 0.3) is 0 Å². The van der Waals surface area contributed by atoms with E-state index in [1.807, 2.05) is 19.2 Å².